The lowest BCUT2D eigenvalue weighted by molar-refractivity contribution is 0.111. The molecule has 15 heavy (non-hydrogen) atoms. The first kappa shape index (κ1) is 9.65. The van der Waals surface area contributed by atoms with Crippen LogP contribution in [-0.2, 0) is 0 Å². The number of carbonyl (C=O) groups is 1. The molecule has 0 saturated heterocycles. The third-order valence-corrected chi connectivity index (χ3v) is 2.15. The minimum Gasteiger partial charge on any atom is -0.440 e. The van der Waals surface area contributed by atoms with E-state index < -0.39 is 0 Å². The Morgan fingerprint density at radius 1 is 1.33 bits per heavy atom. The van der Waals surface area contributed by atoms with Crippen LogP contribution in [0.5, 0.6) is 0 Å². The average molecular weight is 201 g/mol. The zero-order chi connectivity index (χ0) is 10.8. The third-order valence-electron chi connectivity index (χ3n) is 2.15. The van der Waals surface area contributed by atoms with Gasteiger partial charge < -0.3 is 4.42 Å². The van der Waals surface area contributed by atoms with E-state index in [-0.39, 0.29) is 0 Å². The van der Waals surface area contributed by atoms with E-state index in [1.807, 2.05) is 31.2 Å². The average Bonchev–Trinajstić information content (AvgIpc) is 2.59. The number of benzene rings is 1. The molecule has 2 aromatic rings. The van der Waals surface area contributed by atoms with Crippen LogP contribution in [0.15, 0.2) is 28.7 Å². The molecule has 0 saturated carbocycles. The molecule has 0 unspecified atom stereocenters. The van der Waals surface area contributed by atoms with Crippen LogP contribution in [0, 0.1) is 13.8 Å². The van der Waals surface area contributed by atoms with Gasteiger partial charge in [-0.25, -0.2) is 4.98 Å². The lowest BCUT2D eigenvalue weighted by atomic mass is 10.1. The number of nitrogens with zero attached hydrogens (tertiary/aromatic N) is 1. The van der Waals surface area contributed by atoms with Crippen molar-refractivity contribution >= 4 is 6.29 Å². The van der Waals surface area contributed by atoms with Crippen LogP contribution < -0.4 is 0 Å². The van der Waals surface area contributed by atoms with Crippen molar-refractivity contribution in [2.45, 2.75) is 13.8 Å². The second kappa shape index (κ2) is 3.69. The number of oxazole rings is 1. The van der Waals surface area contributed by atoms with Gasteiger partial charge in [0.25, 0.3) is 0 Å². The molecule has 0 amide bonds. The minimum atomic E-state index is 0.359. The molecular formula is C12H11NO2. The van der Waals surface area contributed by atoms with E-state index in [0.717, 1.165) is 11.1 Å². The van der Waals surface area contributed by atoms with Gasteiger partial charge in [-0.1, -0.05) is 23.8 Å². The smallest absolute Gasteiger partial charge is 0.192 e. The Hall–Kier alpha value is -1.90. The van der Waals surface area contributed by atoms with Crippen molar-refractivity contribution < 1.29 is 9.21 Å². The summed E-state index contributed by atoms with van der Waals surface area (Å²) in [6.45, 7) is 3.72. The molecule has 0 N–H and O–H groups in total. The van der Waals surface area contributed by atoms with Gasteiger partial charge in [-0.15, -0.1) is 0 Å². The fourth-order valence-corrected chi connectivity index (χ4v) is 1.52. The van der Waals surface area contributed by atoms with Crippen molar-refractivity contribution in [1.82, 2.24) is 4.98 Å². The zero-order valence-electron chi connectivity index (χ0n) is 8.65. The number of carbonyl (C=O) groups excluding carboxylic acids is 1. The highest BCUT2D eigenvalue weighted by Crippen LogP contribution is 2.24. The van der Waals surface area contributed by atoms with Gasteiger partial charge in [-0.3, -0.25) is 4.79 Å². The summed E-state index contributed by atoms with van der Waals surface area (Å²) in [6, 6.07) is 7.79. The van der Waals surface area contributed by atoms with E-state index in [0.29, 0.717) is 23.6 Å². The monoisotopic (exact) mass is 201 g/mol. The van der Waals surface area contributed by atoms with Crippen LogP contribution in [0.4, 0.5) is 0 Å². The highest BCUT2D eigenvalue weighted by Gasteiger charge is 2.11. The molecule has 0 aliphatic heterocycles. The highest BCUT2D eigenvalue weighted by molar-refractivity contribution is 5.82. The van der Waals surface area contributed by atoms with E-state index in [1.54, 1.807) is 6.92 Å². The van der Waals surface area contributed by atoms with Crippen LogP contribution in [0.25, 0.3) is 11.3 Å². The standard InChI is InChI=1S/C12H11NO2/c1-8-4-3-5-10(6-8)12-11(7-14)13-9(2)15-12/h3-7H,1-2H3. The molecule has 76 valence electrons. The number of aryl methyl sites for hydroxylation is 2. The zero-order valence-corrected chi connectivity index (χ0v) is 8.65. The summed E-state index contributed by atoms with van der Waals surface area (Å²) in [5, 5.41) is 0. The molecule has 0 spiro atoms. The van der Waals surface area contributed by atoms with Crippen LogP contribution in [0.2, 0.25) is 0 Å². The van der Waals surface area contributed by atoms with Crippen LogP contribution in [-0.4, -0.2) is 11.3 Å². The van der Waals surface area contributed by atoms with E-state index in [2.05, 4.69) is 4.98 Å². The molecule has 1 aromatic heterocycles. The molecule has 1 heterocycles. The normalized spacial score (nSPS) is 10.3. The van der Waals surface area contributed by atoms with Crippen molar-refractivity contribution in [2.75, 3.05) is 0 Å². The summed E-state index contributed by atoms with van der Waals surface area (Å²) >= 11 is 0. The van der Waals surface area contributed by atoms with Crippen molar-refractivity contribution in [3.8, 4) is 11.3 Å². The maximum Gasteiger partial charge on any atom is 0.192 e. The summed E-state index contributed by atoms with van der Waals surface area (Å²) in [5.74, 6) is 1.06. The topological polar surface area (TPSA) is 43.1 Å². The molecule has 0 atom stereocenters. The summed E-state index contributed by atoms with van der Waals surface area (Å²) in [5.41, 5.74) is 2.37. The lowest BCUT2D eigenvalue weighted by Gasteiger charge is -1.98. The molecule has 3 heteroatoms. The van der Waals surface area contributed by atoms with Crippen LogP contribution in [0.3, 0.4) is 0 Å². The highest BCUT2D eigenvalue weighted by atomic mass is 16.4. The second-order valence-corrected chi connectivity index (χ2v) is 3.43. The molecule has 3 nitrogen and oxygen atoms in total. The van der Waals surface area contributed by atoms with Gasteiger partial charge in [0, 0.05) is 12.5 Å². The van der Waals surface area contributed by atoms with E-state index >= 15 is 0 Å². The first-order valence-corrected chi connectivity index (χ1v) is 4.70. The molecule has 0 aliphatic carbocycles. The number of aromatic nitrogens is 1. The Kier molecular flexibility index (Phi) is 2.37. The largest absolute Gasteiger partial charge is 0.440 e. The molecular weight excluding hydrogens is 190 g/mol. The molecule has 0 radical (unpaired) electrons. The quantitative estimate of drug-likeness (QED) is 0.701. The predicted octanol–water partition coefficient (Wildman–Crippen LogP) is 2.77. The molecule has 1 aromatic carbocycles. The number of hydrogen-bond acceptors (Lipinski definition) is 3. The second-order valence-electron chi connectivity index (χ2n) is 3.43. The Morgan fingerprint density at radius 3 is 2.80 bits per heavy atom. The van der Waals surface area contributed by atoms with E-state index in [4.69, 9.17) is 4.42 Å². The SMILES string of the molecule is Cc1cccc(-c2oc(C)nc2C=O)c1. The van der Waals surface area contributed by atoms with Crippen molar-refractivity contribution in [1.29, 1.82) is 0 Å². The molecule has 0 fully saturated rings. The Labute approximate surface area is 87.8 Å². The minimum absolute atomic E-state index is 0.359. The van der Waals surface area contributed by atoms with Gasteiger partial charge in [0.15, 0.2) is 17.9 Å². The van der Waals surface area contributed by atoms with Crippen LogP contribution >= 0.6 is 0 Å². The van der Waals surface area contributed by atoms with Crippen molar-refractivity contribution in [3.05, 3.63) is 41.4 Å². The molecule has 2 rings (SSSR count). The molecule has 0 bridgehead atoms. The summed E-state index contributed by atoms with van der Waals surface area (Å²) in [7, 11) is 0. The molecule has 0 aliphatic rings. The Bertz CT molecular complexity index is 500. The predicted molar refractivity (Wildman–Crippen MR) is 56.8 cm³/mol. The summed E-state index contributed by atoms with van der Waals surface area (Å²) in [4.78, 5) is 14.8. The van der Waals surface area contributed by atoms with E-state index in [9.17, 15) is 4.79 Å². The van der Waals surface area contributed by atoms with Crippen molar-refractivity contribution in [3.63, 3.8) is 0 Å². The lowest BCUT2D eigenvalue weighted by Crippen LogP contribution is -1.84. The van der Waals surface area contributed by atoms with E-state index in [1.165, 1.54) is 0 Å². The van der Waals surface area contributed by atoms with Gasteiger partial charge in [-0.2, -0.15) is 0 Å². The maximum atomic E-state index is 10.8. The number of rotatable bonds is 2. The van der Waals surface area contributed by atoms with Gasteiger partial charge in [0.1, 0.15) is 5.69 Å². The van der Waals surface area contributed by atoms with Gasteiger partial charge >= 0.3 is 0 Å². The van der Waals surface area contributed by atoms with Gasteiger partial charge in [-0.05, 0) is 13.0 Å². The fourth-order valence-electron chi connectivity index (χ4n) is 1.52. The van der Waals surface area contributed by atoms with Crippen LogP contribution in [0.1, 0.15) is 21.9 Å². The number of hydrogen-bond donors (Lipinski definition) is 0. The maximum absolute atomic E-state index is 10.8. The van der Waals surface area contributed by atoms with Gasteiger partial charge in [0.05, 0.1) is 0 Å². The fraction of sp³-hybridized carbons (Fsp3) is 0.167. The first-order chi connectivity index (χ1) is 7.20. The Balaban J connectivity index is 2.57. The van der Waals surface area contributed by atoms with Crippen molar-refractivity contribution in [2.24, 2.45) is 0 Å². The first-order valence-electron chi connectivity index (χ1n) is 4.70. The summed E-state index contributed by atoms with van der Waals surface area (Å²) in [6.07, 6.45) is 0.716. The summed E-state index contributed by atoms with van der Waals surface area (Å²) < 4.78 is 5.40. The number of aldehydes is 1. The Morgan fingerprint density at radius 2 is 2.13 bits per heavy atom. The van der Waals surface area contributed by atoms with Gasteiger partial charge in [0.2, 0.25) is 0 Å². The third kappa shape index (κ3) is 1.81.